The summed E-state index contributed by atoms with van der Waals surface area (Å²) in [7, 11) is 0. The molecule has 0 amide bonds. The Bertz CT molecular complexity index is 1460. The lowest BCUT2D eigenvalue weighted by Crippen LogP contribution is -2.46. The minimum Gasteiger partial charge on any atom is -0.479 e. The van der Waals surface area contributed by atoms with E-state index in [2.05, 4.69) is 11.8 Å². The Balaban J connectivity index is 1.58. The normalized spacial score (nSPS) is 19.0. The number of carbonyl (C=O) groups is 1. The summed E-state index contributed by atoms with van der Waals surface area (Å²) in [4.78, 5) is 19.5. The molecule has 42 heavy (non-hydrogen) atoms. The molecule has 3 aromatic rings. The molecule has 0 saturated carbocycles. The summed E-state index contributed by atoms with van der Waals surface area (Å²) in [6, 6.07) is 4.26. The van der Waals surface area contributed by atoms with Gasteiger partial charge in [-0.05, 0) is 90.0 Å². The largest absolute Gasteiger partial charge is 0.479 e. The van der Waals surface area contributed by atoms with Crippen LogP contribution in [0.5, 0.6) is 0 Å². The number of hydrogen-bond donors (Lipinski definition) is 1. The van der Waals surface area contributed by atoms with Crippen molar-refractivity contribution in [3.8, 4) is 0 Å². The highest BCUT2D eigenvalue weighted by atomic mass is 19.2. The fourth-order valence-corrected chi connectivity index (χ4v) is 5.76. The van der Waals surface area contributed by atoms with Gasteiger partial charge in [0.15, 0.2) is 23.4 Å². The van der Waals surface area contributed by atoms with Crippen LogP contribution in [0, 0.1) is 18.6 Å². The molecule has 5 heterocycles. The maximum atomic E-state index is 14.1. The quantitative estimate of drug-likeness (QED) is 0.418. The number of piperidine rings is 1. The van der Waals surface area contributed by atoms with Gasteiger partial charge >= 0.3 is 5.97 Å². The van der Waals surface area contributed by atoms with Crippen LogP contribution in [0.3, 0.4) is 0 Å². The van der Waals surface area contributed by atoms with Gasteiger partial charge in [-0.3, -0.25) is 0 Å². The van der Waals surface area contributed by atoms with Gasteiger partial charge in [0.25, 0.3) is 0 Å². The van der Waals surface area contributed by atoms with Crippen molar-refractivity contribution in [3.05, 3.63) is 57.9 Å². The molecular formula is C31H40F2N4O5. The van der Waals surface area contributed by atoms with Gasteiger partial charge in [0.05, 0.1) is 35.7 Å². The second-order valence-electron chi connectivity index (χ2n) is 12.6. The molecular weight excluding hydrogens is 546 g/mol. The van der Waals surface area contributed by atoms with Crippen molar-refractivity contribution < 1.29 is 32.9 Å². The van der Waals surface area contributed by atoms with Gasteiger partial charge in [-0.15, -0.1) is 0 Å². The summed E-state index contributed by atoms with van der Waals surface area (Å²) in [5, 5.41) is 15.1. The van der Waals surface area contributed by atoms with Crippen molar-refractivity contribution in [2.45, 2.75) is 97.2 Å². The first kappa shape index (κ1) is 30.3. The summed E-state index contributed by atoms with van der Waals surface area (Å²) in [6.07, 6.45) is 2.36. The minimum atomic E-state index is -1.25. The zero-order chi connectivity index (χ0) is 30.2. The zero-order valence-corrected chi connectivity index (χ0v) is 25.0. The third kappa shape index (κ3) is 6.58. The van der Waals surface area contributed by atoms with Crippen LogP contribution >= 0.6 is 0 Å². The maximum absolute atomic E-state index is 14.1. The van der Waals surface area contributed by atoms with Gasteiger partial charge in [-0.2, -0.15) is 9.61 Å². The van der Waals surface area contributed by atoms with Crippen LogP contribution in [0.1, 0.15) is 87.6 Å². The molecule has 9 nitrogen and oxygen atoms in total. The molecule has 4 bridgehead atoms. The number of aliphatic carboxylic acids is 1. The number of aryl methyl sites for hydroxylation is 2. The summed E-state index contributed by atoms with van der Waals surface area (Å²) in [5.41, 5.74) is 2.40. The summed E-state index contributed by atoms with van der Waals surface area (Å²) in [6.45, 7) is 11.4. The lowest BCUT2D eigenvalue weighted by molar-refractivity contribution is -0.160. The third-order valence-electron chi connectivity index (χ3n) is 7.97. The number of anilines is 1. The van der Waals surface area contributed by atoms with E-state index in [1.165, 1.54) is 12.1 Å². The Labute approximate surface area is 244 Å². The average molecular weight is 587 g/mol. The third-order valence-corrected chi connectivity index (χ3v) is 7.97. The maximum Gasteiger partial charge on any atom is 0.337 e. The predicted octanol–water partition coefficient (Wildman–Crippen LogP) is 5.69. The molecule has 3 aliphatic heterocycles. The van der Waals surface area contributed by atoms with Crippen LogP contribution in [-0.4, -0.2) is 56.6 Å². The van der Waals surface area contributed by atoms with Gasteiger partial charge in [-0.1, -0.05) is 0 Å². The molecule has 0 aliphatic carbocycles. The van der Waals surface area contributed by atoms with E-state index in [1.807, 2.05) is 20.8 Å². The number of carboxylic acids is 1. The van der Waals surface area contributed by atoms with Crippen LogP contribution in [0.4, 0.5) is 14.6 Å². The number of ether oxygens (including phenoxy) is 3. The zero-order valence-electron chi connectivity index (χ0n) is 25.0. The number of fused-ring (bicyclic) bond motifs is 8. The number of halogens is 2. The first-order valence-corrected chi connectivity index (χ1v) is 14.6. The van der Waals surface area contributed by atoms with Crippen molar-refractivity contribution in [2.24, 2.45) is 0 Å². The summed E-state index contributed by atoms with van der Waals surface area (Å²) in [5.74, 6) is -2.25. The highest BCUT2D eigenvalue weighted by Gasteiger charge is 2.37. The molecule has 1 atom stereocenters. The fraction of sp³-hybridized carbons (Fsp3) is 0.581. The van der Waals surface area contributed by atoms with E-state index in [4.69, 9.17) is 24.3 Å². The van der Waals surface area contributed by atoms with E-state index in [-0.39, 0.29) is 18.8 Å². The Morgan fingerprint density at radius 1 is 1.10 bits per heavy atom. The lowest BCUT2D eigenvalue weighted by atomic mass is 9.92. The molecule has 1 fully saturated rings. The molecule has 0 spiro atoms. The second-order valence-corrected chi connectivity index (χ2v) is 12.6. The van der Waals surface area contributed by atoms with Crippen molar-refractivity contribution in [1.82, 2.24) is 14.6 Å². The lowest BCUT2D eigenvalue weighted by Gasteiger charge is -2.41. The van der Waals surface area contributed by atoms with Crippen LogP contribution < -0.4 is 4.90 Å². The second kappa shape index (κ2) is 11.9. The van der Waals surface area contributed by atoms with Gasteiger partial charge in [-0.25, -0.2) is 18.6 Å². The minimum absolute atomic E-state index is 0.0895. The summed E-state index contributed by atoms with van der Waals surface area (Å²) < 4.78 is 48.3. The molecule has 6 rings (SSSR count). The van der Waals surface area contributed by atoms with Crippen LogP contribution in [0.25, 0.3) is 5.65 Å². The highest BCUT2D eigenvalue weighted by Crippen LogP contribution is 2.38. The number of hydrogen-bond acceptors (Lipinski definition) is 7. The molecule has 3 aliphatic rings. The van der Waals surface area contributed by atoms with Gasteiger partial charge < -0.3 is 24.2 Å². The molecule has 228 valence electrons. The van der Waals surface area contributed by atoms with Crippen molar-refractivity contribution in [1.29, 1.82) is 0 Å². The highest BCUT2D eigenvalue weighted by molar-refractivity contribution is 5.78. The van der Waals surface area contributed by atoms with Crippen molar-refractivity contribution >= 4 is 17.4 Å². The van der Waals surface area contributed by atoms with Crippen LogP contribution in [0.2, 0.25) is 0 Å². The molecule has 1 aromatic carbocycles. The number of aromatic nitrogens is 3. The molecule has 2 aromatic heterocycles. The Kier molecular flexibility index (Phi) is 8.55. The number of rotatable bonds is 3. The van der Waals surface area contributed by atoms with Gasteiger partial charge in [0, 0.05) is 31.5 Å². The Morgan fingerprint density at radius 3 is 2.45 bits per heavy atom. The molecule has 1 N–H and O–H groups in total. The first-order valence-electron chi connectivity index (χ1n) is 14.6. The number of carboxylic acid groups (broad SMARTS) is 1. The number of nitrogens with zero attached hydrogens (tertiary/aromatic N) is 4. The van der Waals surface area contributed by atoms with E-state index < -0.39 is 29.3 Å². The van der Waals surface area contributed by atoms with E-state index >= 15 is 0 Å². The first-order chi connectivity index (χ1) is 19.8. The van der Waals surface area contributed by atoms with Crippen LogP contribution in [-0.2, 0) is 38.6 Å². The van der Waals surface area contributed by atoms with Crippen molar-refractivity contribution in [3.63, 3.8) is 0 Å². The standard InChI is InChI=1S/C31H40F2N4O5/c1-19-26(27(29(38)39)42-30(2,3)4)28-36-11-9-31(5,10-12-36)41-13-7-6-8-20-14-23(32)24(33)15-21(20)17-40-18-22-16-25(34-19)37(28)35-22/h14-16,27H,6-13,17-18H2,1-5H3,(H,38,39)/t27-/m0/s1. The van der Waals surface area contributed by atoms with E-state index in [9.17, 15) is 18.7 Å². The Morgan fingerprint density at radius 2 is 1.79 bits per heavy atom. The van der Waals surface area contributed by atoms with E-state index in [1.54, 1.807) is 17.5 Å². The monoisotopic (exact) mass is 586 g/mol. The van der Waals surface area contributed by atoms with Crippen LogP contribution in [0.15, 0.2) is 18.2 Å². The smallest absolute Gasteiger partial charge is 0.337 e. The van der Waals surface area contributed by atoms with Gasteiger partial charge in [0.1, 0.15) is 5.82 Å². The van der Waals surface area contributed by atoms with E-state index in [0.29, 0.717) is 65.7 Å². The predicted molar refractivity (Wildman–Crippen MR) is 153 cm³/mol. The topological polar surface area (TPSA) is 98.4 Å². The number of benzene rings is 1. The molecule has 0 radical (unpaired) electrons. The SMILES string of the molecule is Cc1nc2cc3nn2c(c1[C@H](OC(C)(C)C)C(=O)O)N1CCC(C)(CC1)OCCCCc1cc(F)c(F)cc1COC3. The van der Waals surface area contributed by atoms with Crippen molar-refractivity contribution in [2.75, 3.05) is 24.6 Å². The van der Waals surface area contributed by atoms with E-state index in [0.717, 1.165) is 25.7 Å². The Hall–Kier alpha value is -3.15. The molecule has 11 heteroatoms. The van der Waals surface area contributed by atoms with Gasteiger partial charge in [0.2, 0.25) is 0 Å². The molecule has 0 unspecified atom stereocenters. The molecule has 1 saturated heterocycles. The fourth-order valence-electron chi connectivity index (χ4n) is 5.76. The summed E-state index contributed by atoms with van der Waals surface area (Å²) >= 11 is 0. The average Bonchev–Trinajstić information content (AvgIpc) is 3.30.